The zero-order valence-electron chi connectivity index (χ0n) is 18.5. The number of carbonyl (C=O) groups is 1. The van der Waals surface area contributed by atoms with Gasteiger partial charge in [0.15, 0.2) is 5.65 Å². The van der Waals surface area contributed by atoms with Crippen molar-refractivity contribution in [2.24, 2.45) is 7.05 Å². The van der Waals surface area contributed by atoms with E-state index < -0.39 is 23.7 Å². The number of rotatable bonds is 5. The van der Waals surface area contributed by atoms with Crippen LogP contribution in [0.15, 0.2) is 73.2 Å². The molecule has 3 heterocycles. The first-order valence-corrected chi connectivity index (χ1v) is 10.7. The minimum absolute atomic E-state index is 0.318. The maximum atomic E-state index is 13.0. The van der Waals surface area contributed by atoms with Crippen LogP contribution in [-0.4, -0.2) is 36.7 Å². The van der Waals surface area contributed by atoms with E-state index in [1.807, 2.05) is 7.05 Å². The van der Waals surface area contributed by atoms with Crippen LogP contribution in [-0.2, 0) is 13.2 Å². The molecule has 1 amide bonds. The van der Waals surface area contributed by atoms with Crippen LogP contribution in [0.4, 0.5) is 13.2 Å². The first-order valence-electron chi connectivity index (χ1n) is 10.7. The molecule has 1 atom stereocenters. The average molecular weight is 479 g/mol. The standard InChI is InChI=1S/C25H20F3N5O2/c1-32-14-30-23-22(32)18-12-15(24(35)31-20(13-34)19-4-2-3-11-29-19)5-10-21(18)33(23)17-8-6-16(7-9-17)25(26,27)28/h2-12,14,20,34H,13H2,1H3,(H,31,35)/t20-/m0/s1. The van der Waals surface area contributed by atoms with Gasteiger partial charge in [-0.25, -0.2) is 4.98 Å². The Hall–Kier alpha value is -4.18. The molecule has 0 bridgehead atoms. The molecule has 0 fully saturated rings. The third-order valence-corrected chi connectivity index (χ3v) is 5.87. The third kappa shape index (κ3) is 4.01. The minimum atomic E-state index is -4.43. The maximum absolute atomic E-state index is 13.0. The summed E-state index contributed by atoms with van der Waals surface area (Å²) >= 11 is 0. The number of hydrogen-bond donors (Lipinski definition) is 2. The van der Waals surface area contributed by atoms with Crippen LogP contribution in [0.1, 0.15) is 27.7 Å². The van der Waals surface area contributed by atoms with E-state index in [2.05, 4.69) is 15.3 Å². The quantitative estimate of drug-likeness (QED) is 0.392. The summed E-state index contributed by atoms with van der Waals surface area (Å²) in [6, 6.07) is 14.5. The normalized spacial score (nSPS) is 12.8. The number of carbonyl (C=O) groups excluding carboxylic acids is 1. The number of nitrogens with one attached hydrogen (secondary N) is 1. The Morgan fingerprint density at radius 1 is 1.09 bits per heavy atom. The molecule has 5 rings (SSSR count). The zero-order chi connectivity index (χ0) is 24.7. The van der Waals surface area contributed by atoms with Gasteiger partial charge in [-0.2, -0.15) is 13.2 Å². The number of aliphatic hydroxyl groups is 1. The van der Waals surface area contributed by atoms with Crippen LogP contribution in [0, 0.1) is 0 Å². The van der Waals surface area contributed by atoms with E-state index in [0.29, 0.717) is 33.5 Å². The summed E-state index contributed by atoms with van der Waals surface area (Å²) in [5, 5.41) is 13.3. The molecule has 35 heavy (non-hydrogen) atoms. The molecule has 0 saturated heterocycles. The summed E-state index contributed by atoms with van der Waals surface area (Å²) in [6.07, 6.45) is -1.23. The van der Waals surface area contributed by atoms with Crippen LogP contribution in [0.5, 0.6) is 0 Å². The van der Waals surface area contributed by atoms with Crippen molar-refractivity contribution >= 4 is 28.0 Å². The van der Waals surface area contributed by atoms with E-state index in [4.69, 9.17) is 0 Å². The van der Waals surface area contributed by atoms with E-state index in [9.17, 15) is 23.1 Å². The lowest BCUT2D eigenvalue weighted by molar-refractivity contribution is -0.137. The van der Waals surface area contributed by atoms with Crippen molar-refractivity contribution in [1.29, 1.82) is 0 Å². The zero-order valence-corrected chi connectivity index (χ0v) is 18.5. The number of aliphatic hydroxyl groups excluding tert-OH is 1. The number of aryl methyl sites for hydroxylation is 1. The highest BCUT2D eigenvalue weighted by Crippen LogP contribution is 2.34. The van der Waals surface area contributed by atoms with E-state index >= 15 is 0 Å². The molecule has 7 nitrogen and oxygen atoms in total. The Bertz CT molecular complexity index is 1520. The number of halogens is 3. The topological polar surface area (TPSA) is 85.0 Å². The molecule has 0 aliphatic carbocycles. The highest BCUT2D eigenvalue weighted by molar-refractivity contribution is 6.09. The Kier molecular flexibility index (Phi) is 5.52. The molecule has 178 valence electrons. The molecule has 2 N–H and O–H groups in total. The highest BCUT2D eigenvalue weighted by atomic mass is 19.4. The van der Waals surface area contributed by atoms with Crippen LogP contribution in [0.2, 0.25) is 0 Å². The van der Waals surface area contributed by atoms with Crippen LogP contribution in [0.25, 0.3) is 27.8 Å². The third-order valence-electron chi connectivity index (χ3n) is 5.87. The predicted octanol–water partition coefficient (Wildman–Crippen LogP) is 4.39. The molecule has 2 aromatic carbocycles. The molecule has 0 radical (unpaired) electrons. The van der Waals surface area contributed by atoms with Gasteiger partial charge in [-0.05, 0) is 54.6 Å². The summed E-state index contributed by atoms with van der Waals surface area (Å²) in [5.41, 5.74) is 2.66. The fourth-order valence-corrected chi connectivity index (χ4v) is 4.17. The van der Waals surface area contributed by atoms with Gasteiger partial charge >= 0.3 is 6.18 Å². The number of nitrogens with zero attached hydrogens (tertiary/aromatic N) is 4. The molecule has 0 saturated carbocycles. The van der Waals surface area contributed by atoms with Crippen molar-refractivity contribution < 1.29 is 23.1 Å². The number of hydrogen-bond acceptors (Lipinski definition) is 4. The summed E-state index contributed by atoms with van der Waals surface area (Å²) in [7, 11) is 1.81. The van der Waals surface area contributed by atoms with Crippen LogP contribution >= 0.6 is 0 Å². The summed E-state index contributed by atoms with van der Waals surface area (Å²) in [6.45, 7) is -0.318. The number of amides is 1. The lowest BCUT2D eigenvalue weighted by atomic mass is 10.1. The number of alkyl halides is 3. The number of pyridine rings is 1. The van der Waals surface area contributed by atoms with Crippen molar-refractivity contribution in [3.63, 3.8) is 0 Å². The fraction of sp³-hybridized carbons (Fsp3) is 0.160. The monoisotopic (exact) mass is 479 g/mol. The van der Waals surface area contributed by atoms with Gasteiger partial charge in [-0.15, -0.1) is 0 Å². The van der Waals surface area contributed by atoms with Crippen molar-refractivity contribution in [3.05, 3.63) is 90.0 Å². The van der Waals surface area contributed by atoms with Gasteiger partial charge in [-0.1, -0.05) is 6.07 Å². The van der Waals surface area contributed by atoms with Gasteiger partial charge < -0.3 is 15.0 Å². The maximum Gasteiger partial charge on any atom is 0.416 e. The van der Waals surface area contributed by atoms with Crippen molar-refractivity contribution in [1.82, 2.24) is 24.4 Å². The molecular formula is C25H20F3N5O2. The minimum Gasteiger partial charge on any atom is -0.394 e. The van der Waals surface area contributed by atoms with Crippen molar-refractivity contribution in [2.75, 3.05) is 6.61 Å². The second-order valence-electron chi connectivity index (χ2n) is 8.10. The van der Waals surface area contributed by atoms with Crippen molar-refractivity contribution in [3.8, 4) is 5.69 Å². The average Bonchev–Trinajstić information content (AvgIpc) is 3.39. The lowest BCUT2D eigenvalue weighted by Gasteiger charge is -2.16. The molecule has 10 heteroatoms. The highest BCUT2D eigenvalue weighted by Gasteiger charge is 2.30. The smallest absolute Gasteiger partial charge is 0.394 e. The van der Waals surface area contributed by atoms with Gasteiger partial charge in [-0.3, -0.25) is 14.3 Å². The molecule has 0 unspecified atom stereocenters. The van der Waals surface area contributed by atoms with Gasteiger partial charge in [0.05, 0.1) is 41.3 Å². The van der Waals surface area contributed by atoms with Crippen LogP contribution < -0.4 is 5.32 Å². The SMILES string of the molecule is Cn1cnc2c1c1cc(C(=O)N[C@@H](CO)c3ccccn3)ccc1n2-c1ccc(C(F)(F)F)cc1. The molecular weight excluding hydrogens is 459 g/mol. The molecule has 0 spiro atoms. The van der Waals surface area contributed by atoms with Gasteiger partial charge in [0, 0.05) is 29.9 Å². The number of aromatic nitrogens is 4. The summed E-state index contributed by atoms with van der Waals surface area (Å²) < 4.78 is 42.7. The van der Waals surface area contributed by atoms with E-state index in [0.717, 1.165) is 17.6 Å². The van der Waals surface area contributed by atoms with E-state index in [1.165, 1.54) is 12.1 Å². The van der Waals surface area contributed by atoms with Crippen LogP contribution in [0.3, 0.4) is 0 Å². The van der Waals surface area contributed by atoms with Gasteiger partial charge in [0.1, 0.15) is 0 Å². The van der Waals surface area contributed by atoms with Crippen molar-refractivity contribution in [2.45, 2.75) is 12.2 Å². The van der Waals surface area contributed by atoms with E-state index in [1.54, 1.807) is 58.1 Å². The van der Waals surface area contributed by atoms with E-state index in [-0.39, 0.29) is 6.61 Å². The van der Waals surface area contributed by atoms with Gasteiger partial charge in [0.2, 0.25) is 0 Å². The Labute approximate surface area is 197 Å². The molecule has 5 aromatic rings. The number of benzene rings is 2. The molecule has 0 aliphatic rings. The lowest BCUT2D eigenvalue weighted by Crippen LogP contribution is -2.31. The number of fused-ring (bicyclic) bond motifs is 3. The first kappa shape index (κ1) is 22.6. The fourth-order valence-electron chi connectivity index (χ4n) is 4.17. The second kappa shape index (κ2) is 8.55. The predicted molar refractivity (Wildman–Crippen MR) is 124 cm³/mol. The first-order chi connectivity index (χ1) is 16.8. The molecule has 3 aromatic heterocycles. The second-order valence-corrected chi connectivity index (χ2v) is 8.10. The number of imidazole rings is 1. The summed E-state index contributed by atoms with van der Waals surface area (Å²) in [4.78, 5) is 21.6. The Morgan fingerprint density at radius 3 is 2.51 bits per heavy atom. The largest absolute Gasteiger partial charge is 0.416 e. The molecule has 0 aliphatic heterocycles. The Morgan fingerprint density at radius 2 is 1.86 bits per heavy atom. The summed E-state index contributed by atoms with van der Waals surface area (Å²) in [5.74, 6) is -0.394. The Balaban J connectivity index is 1.56. The van der Waals surface area contributed by atoms with Gasteiger partial charge in [0.25, 0.3) is 5.91 Å².